The number of carbonyl (C=O) groups is 1. The first kappa shape index (κ1) is 18.7. The van der Waals surface area contributed by atoms with Gasteiger partial charge in [-0.3, -0.25) is 4.79 Å². The van der Waals surface area contributed by atoms with E-state index in [0.717, 1.165) is 35.0 Å². The quantitative estimate of drug-likeness (QED) is 0.638. The number of halogens is 1. The predicted molar refractivity (Wildman–Crippen MR) is 110 cm³/mol. The molecule has 1 N–H and O–H groups in total. The lowest BCUT2D eigenvalue weighted by molar-refractivity contribution is -0.117. The Bertz CT molecular complexity index is 1010. The third-order valence-electron chi connectivity index (χ3n) is 5.01. The fourth-order valence-electron chi connectivity index (χ4n) is 3.51. The van der Waals surface area contributed by atoms with Crippen molar-refractivity contribution in [2.24, 2.45) is 5.41 Å². The lowest BCUT2D eigenvalue weighted by Gasteiger charge is -2.18. The maximum atomic E-state index is 13.2. The molecular weight excluding hydrogens is 353 g/mol. The monoisotopic (exact) mass is 379 g/mol. The third-order valence-corrected chi connectivity index (χ3v) is 5.01. The summed E-state index contributed by atoms with van der Waals surface area (Å²) in [6, 6.07) is 10.7. The molecule has 2 aromatic heterocycles. The van der Waals surface area contributed by atoms with E-state index in [1.807, 2.05) is 12.3 Å². The number of aromatic nitrogens is 2. The van der Waals surface area contributed by atoms with E-state index in [2.05, 4.69) is 36.7 Å². The van der Waals surface area contributed by atoms with Crippen LogP contribution in [0.5, 0.6) is 0 Å². The van der Waals surface area contributed by atoms with Crippen LogP contribution in [0.1, 0.15) is 57.1 Å². The highest BCUT2D eigenvalue weighted by atomic mass is 19.1. The van der Waals surface area contributed by atoms with Gasteiger partial charge in [0.05, 0.1) is 11.0 Å². The third kappa shape index (κ3) is 4.24. The first-order valence-electron chi connectivity index (χ1n) is 9.82. The summed E-state index contributed by atoms with van der Waals surface area (Å²) in [7, 11) is 0. The van der Waals surface area contributed by atoms with Gasteiger partial charge < -0.3 is 9.88 Å². The van der Waals surface area contributed by atoms with E-state index < -0.39 is 0 Å². The first-order valence-corrected chi connectivity index (χ1v) is 9.82. The maximum Gasteiger partial charge on any atom is 0.226 e. The Hall–Kier alpha value is -2.69. The number of hydrogen-bond donors (Lipinski definition) is 1. The van der Waals surface area contributed by atoms with Crippen LogP contribution >= 0.6 is 0 Å². The minimum atomic E-state index is -0.227. The Kier molecular flexibility index (Phi) is 4.69. The second-order valence-electron chi connectivity index (χ2n) is 8.96. The van der Waals surface area contributed by atoms with Crippen molar-refractivity contribution in [1.82, 2.24) is 9.55 Å². The van der Waals surface area contributed by atoms with Gasteiger partial charge in [-0.05, 0) is 54.0 Å². The molecule has 0 aliphatic heterocycles. The van der Waals surface area contributed by atoms with Crippen LogP contribution in [0.15, 0.2) is 42.6 Å². The molecule has 1 amide bonds. The minimum Gasteiger partial charge on any atom is -0.342 e. The zero-order valence-corrected chi connectivity index (χ0v) is 16.6. The topological polar surface area (TPSA) is 46.9 Å². The fourth-order valence-corrected chi connectivity index (χ4v) is 3.51. The van der Waals surface area contributed by atoms with Gasteiger partial charge in [0.25, 0.3) is 0 Å². The Morgan fingerprint density at radius 2 is 1.93 bits per heavy atom. The normalized spacial score (nSPS) is 14.4. The van der Waals surface area contributed by atoms with E-state index in [0.29, 0.717) is 24.7 Å². The van der Waals surface area contributed by atoms with Gasteiger partial charge in [-0.1, -0.05) is 32.9 Å². The average molecular weight is 379 g/mol. The van der Waals surface area contributed by atoms with Crippen LogP contribution in [0.3, 0.4) is 0 Å². The molecule has 4 rings (SSSR count). The molecule has 1 aromatic carbocycles. The molecule has 1 fully saturated rings. The second-order valence-corrected chi connectivity index (χ2v) is 8.96. The summed E-state index contributed by atoms with van der Waals surface area (Å²) in [5, 5.41) is 3.04. The molecule has 2 heterocycles. The van der Waals surface area contributed by atoms with Gasteiger partial charge in [0.2, 0.25) is 5.91 Å². The SMILES string of the molecule is CC(C)(C)CC(=O)Nc1nc2ccn(Cc3ccc(F)cc3)c2cc1C1CC1. The average Bonchev–Trinajstić information content (AvgIpc) is 3.38. The lowest BCUT2D eigenvalue weighted by Crippen LogP contribution is -2.21. The molecule has 0 unspecified atom stereocenters. The van der Waals surface area contributed by atoms with Gasteiger partial charge in [-0.15, -0.1) is 0 Å². The van der Waals surface area contributed by atoms with E-state index in [4.69, 9.17) is 4.98 Å². The van der Waals surface area contributed by atoms with Crippen molar-refractivity contribution < 1.29 is 9.18 Å². The van der Waals surface area contributed by atoms with Crippen molar-refractivity contribution >= 4 is 22.8 Å². The summed E-state index contributed by atoms with van der Waals surface area (Å²) in [6.07, 6.45) is 4.73. The summed E-state index contributed by atoms with van der Waals surface area (Å²) in [4.78, 5) is 17.2. The molecule has 4 nitrogen and oxygen atoms in total. The summed E-state index contributed by atoms with van der Waals surface area (Å²) < 4.78 is 15.3. The predicted octanol–water partition coefficient (Wildman–Crippen LogP) is 5.48. The Morgan fingerprint density at radius 1 is 1.21 bits per heavy atom. The van der Waals surface area contributed by atoms with Crippen LogP contribution in [0.25, 0.3) is 11.0 Å². The van der Waals surface area contributed by atoms with Crippen molar-refractivity contribution in [1.29, 1.82) is 0 Å². The fraction of sp³-hybridized carbons (Fsp3) is 0.391. The molecule has 28 heavy (non-hydrogen) atoms. The molecule has 0 spiro atoms. The van der Waals surface area contributed by atoms with Gasteiger partial charge in [-0.2, -0.15) is 0 Å². The van der Waals surface area contributed by atoms with Crippen LogP contribution in [0.2, 0.25) is 0 Å². The smallest absolute Gasteiger partial charge is 0.226 e. The van der Waals surface area contributed by atoms with Crippen LogP contribution in [-0.4, -0.2) is 15.5 Å². The summed E-state index contributed by atoms with van der Waals surface area (Å²) in [5.41, 5.74) is 3.99. The molecule has 0 saturated heterocycles. The molecule has 1 aliphatic rings. The Balaban J connectivity index is 1.64. The number of hydrogen-bond acceptors (Lipinski definition) is 2. The highest BCUT2D eigenvalue weighted by Gasteiger charge is 2.29. The number of carbonyl (C=O) groups excluding carboxylic acids is 1. The Morgan fingerprint density at radius 3 is 2.57 bits per heavy atom. The number of nitrogens with zero attached hydrogens (tertiary/aromatic N) is 2. The Labute approximate surface area is 164 Å². The van der Waals surface area contributed by atoms with Gasteiger partial charge in [0, 0.05) is 24.7 Å². The molecule has 1 saturated carbocycles. The number of amides is 1. The summed E-state index contributed by atoms with van der Waals surface area (Å²) in [5.74, 6) is 0.946. The number of pyridine rings is 1. The highest BCUT2D eigenvalue weighted by Crippen LogP contribution is 2.44. The van der Waals surface area contributed by atoms with Crippen molar-refractivity contribution in [3.05, 3.63) is 59.5 Å². The van der Waals surface area contributed by atoms with E-state index >= 15 is 0 Å². The molecule has 5 heteroatoms. The number of fused-ring (bicyclic) bond motifs is 1. The van der Waals surface area contributed by atoms with Crippen LogP contribution in [-0.2, 0) is 11.3 Å². The summed E-state index contributed by atoms with van der Waals surface area (Å²) in [6.45, 7) is 6.83. The molecule has 0 radical (unpaired) electrons. The highest BCUT2D eigenvalue weighted by molar-refractivity contribution is 5.93. The van der Waals surface area contributed by atoms with E-state index in [1.54, 1.807) is 12.1 Å². The van der Waals surface area contributed by atoms with Crippen LogP contribution in [0.4, 0.5) is 10.2 Å². The number of anilines is 1. The van der Waals surface area contributed by atoms with Crippen molar-refractivity contribution in [3.63, 3.8) is 0 Å². The molecule has 0 atom stereocenters. The maximum absolute atomic E-state index is 13.2. The van der Waals surface area contributed by atoms with Gasteiger partial charge in [-0.25, -0.2) is 9.37 Å². The van der Waals surface area contributed by atoms with Crippen LogP contribution in [0, 0.1) is 11.2 Å². The molecular formula is C23H26FN3O. The van der Waals surface area contributed by atoms with Gasteiger partial charge in [0.1, 0.15) is 11.6 Å². The van der Waals surface area contributed by atoms with E-state index in [1.165, 1.54) is 12.1 Å². The zero-order valence-electron chi connectivity index (χ0n) is 16.6. The molecule has 1 aliphatic carbocycles. The zero-order chi connectivity index (χ0) is 19.9. The molecule has 0 bridgehead atoms. The van der Waals surface area contributed by atoms with Crippen molar-refractivity contribution in [3.8, 4) is 0 Å². The van der Waals surface area contributed by atoms with E-state index in [9.17, 15) is 9.18 Å². The van der Waals surface area contributed by atoms with Crippen molar-refractivity contribution in [2.75, 3.05) is 5.32 Å². The number of benzene rings is 1. The van der Waals surface area contributed by atoms with Gasteiger partial charge in [0.15, 0.2) is 0 Å². The summed E-state index contributed by atoms with van der Waals surface area (Å²) >= 11 is 0. The molecule has 146 valence electrons. The van der Waals surface area contributed by atoms with Crippen molar-refractivity contribution in [2.45, 2.75) is 52.5 Å². The molecule has 3 aromatic rings. The van der Waals surface area contributed by atoms with E-state index in [-0.39, 0.29) is 17.1 Å². The van der Waals surface area contributed by atoms with Gasteiger partial charge >= 0.3 is 0 Å². The van der Waals surface area contributed by atoms with Crippen LogP contribution < -0.4 is 5.32 Å². The lowest BCUT2D eigenvalue weighted by atomic mass is 9.92. The largest absolute Gasteiger partial charge is 0.342 e. The first-order chi connectivity index (χ1) is 13.3. The standard InChI is InChI=1S/C23H26FN3O/c1-23(2,3)13-21(28)26-22-18(16-6-7-16)12-20-19(25-22)10-11-27(20)14-15-4-8-17(24)9-5-15/h4-5,8-12,16H,6-7,13-14H2,1-3H3,(H,25,26,28). The second kappa shape index (κ2) is 7.04. The number of nitrogens with one attached hydrogen (secondary N) is 1. The number of rotatable bonds is 5. The minimum absolute atomic E-state index is 0.00648.